The van der Waals surface area contributed by atoms with Crippen LogP contribution >= 0.6 is 0 Å². The molecule has 0 bridgehead atoms. The minimum atomic E-state index is 0.180. The van der Waals surface area contributed by atoms with Gasteiger partial charge in [0.25, 0.3) is 0 Å². The van der Waals surface area contributed by atoms with Crippen molar-refractivity contribution in [2.45, 2.75) is 25.2 Å². The number of hydrogen-bond donors (Lipinski definition) is 1. The van der Waals surface area contributed by atoms with Gasteiger partial charge in [0.15, 0.2) is 0 Å². The Morgan fingerprint density at radius 3 is 2.40 bits per heavy atom. The molecule has 82 valence electrons. The van der Waals surface area contributed by atoms with Crippen LogP contribution in [0, 0.1) is 0 Å². The Labute approximate surface area is 90.1 Å². The Morgan fingerprint density at radius 1 is 1.27 bits per heavy atom. The van der Waals surface area contributed by atoms with Crippen LogP contribution < -0.4 is 10.6 Å². The first-order chi connectivity index (χ1) is 7.30. The third kappa shape index (κ3) is 2.13. The number of ether oxygens (including phenoxy) is 1. The van der Waals surface area contributed by atoms with Crippen LogP contribution in [0.1, 0.15) is 25.3 Å². The maximum atomic E-state index is 5.40. The van der Waals surface area contributed by atoms with Gasteiger partial charge in [-0.1, -0.05) is 12.1 Å². The molecule has 2 N–H and O–H groups in total. The number of hydrogen-bond acceptors (Lipinski definition) is 3. The van der Waals surface area contributed by atoms with E-state index in [1.54, 1.807) is 0 Å². The normalized spacial score (nSPS) is 17.5. The van der Waals surface area contributed by atoms with Crippen molar-refractivity contribution in [1.29, 1.82) is 0 Å². The van der Waals surface area contributed by atoms with Crippen LogP contribution in [-0.2, 0) is 10.3 Å². The Bertz CT molecular complexity index is 317. The number of rotatable bonds is 5. The van der Waals surface area contributed by atoms with Gasteiger partial charge in [0.05, 0.1) is 13.2 Å². The van der Waals surface area contributed by atoms with Gasteiger partial charge in [-0.3, -0.25) is 0 Å². The molecular weight excluding hydrogens is 190 g/mol. The van der Waals surface area contributed by atoms with Gasteiger partial charge in [-0.2, -0.15) is 0 Å². The molecule has 0 heterocycles. The van der Waals surface area contributed by atoms with Crippen molar-refractivity contribution < 1.29 is 9.57 Å². The van der Waals surface area contributed by atoms with Gasteiger partial charge in [0.2, 0.25) is 0 Å². The van der Waals surface area contributed by atoms with Crippen LogP contribution in [0.15, 0.2) is 24.3 Å². The van der Waals surface area contributed by atoms with Crippen LogP contribution in [0.4, 0.5) is 0 Å². The van der Waals surface area contributed by atoms with Gasteiger partial charge >= 0.3 is 0 Å². The van der Waals surface area contributed by atoms with Crippen molar-refractivity contribution in [3.05, 3.63) is 29.8 Å². The highest BCUT2D eigenvalue weighted by Gasteiger charge is 2.44. The monoisotopic (exact) mass is 207 g/mol. The van der Waals surface area contributed by atoms with Crippen molar-refractivity contribution in [3.8, 4) is 5.75 Å². The molecule has 1 saturated carbocycles. The fraction of sp³-hybridized carbons (Fsp3) is 0.500. The van der Waals surface area contributed by atoms with Crippen LogP contribution in [0.2, 0.25) is 0 Å². The first-order valence-corrected chi connectivity index (χ1v) is 5.36. The second-order valence-corrected chi connectivity index (χ2v) is 4.05. The van der Waals surface area contributed by atoms with E-state index >= 15 is 0 Å². The van der Waals surface area contributed by atoms with E-state index in [9.17, 15) is 0 Å². The van der Waals surface area contributed by atoms with Crippen molar-refractivity contribution in [2.24, 2.45) is 5.90 Å². The van der Waals surface area contributed by atoms with E-state index in [0.717, 1.165) is 18.6 Å². The Hall–Kier alpha value is -1.06. The predicted molar refractivity (Wildman–Crippen MR) is 58.7 cm³/mol. The molecule has 0 radical (unpaired) electrons. The molecule has 3 heteroatoms. The molecule has 1 aliphatic carbocycles. The summed E-state index contributed by atoms with van der Waals surface area (Å²) in [6.45, 7) is 3.30. The summed E-state index contributed by atoms with van der Waals surface area (Å²) in [5.41, 5.74) is 1.48. The molecule has 0 amide bonds. The molecular formula is C12H17NO2. The van der Waals surface area contributed by atoms with E-state index in [1.165, 1.54) is 5.56 Å². The van der Waals surface area contributed by atoms with Gasteiger partial charge in [0.1, 0.15) is 5.75 Å². The summed E-state index contributed by atoms with van der Waals surface area (Å²) in [6, 6.07) is 8.23. The molecule has 0 atom stereocenters. The summed E-state index contributed by atoms with van der Waals surface area (Å²) in [4.78, 5) is 4.77. The van der Waals surface area contributed by atoms with Crippen LogP contribution in [0.3, 0.4) is 0 Å². The molecule has 1 fully saturated rings. The molecule has 0 aliphatic heterocycles. The largest absolute Gasteiger partial charge is 0.494 e. The van der Waals surface area contributed by atoms with E-state index in [-0.39, 0.29) is 5.41 Å². The summed E-state index contributed by atoms with van der Waals surface area (Å²) >= 11 is 0. The SMILES string of the molecule is CCOc1ccc(C2(CON)CC2)cc1. The maximum absolute atomic E-state index is 5.40. The molecule has 1 aromatic carbocycles. The summed E-state index contributed by atoms with van der Waals surface area (Å²) in [5.74, 6) is 6.07. The average molecular weight is 207 g/mol. The van der Waals surface area contributed by atoms with Crippen molar-refractivity contribution >= 4 is 0 Å². The number of benzene rings is 1. The lowest BCUT2D eigenvalue weighted by Crippen LogP contribution is -2.17. The summed E-state index contributed by atoms with van der Waals surface area (Å²) < 4.78 is 5.40. The maximum Gasteiger partial charge on any atom is 0.119 e. The average Bonchev–Trinajstić information content (AvgIpc) is 3.01. The van der Waals surface area contributed by atoms with Gasteiger partial charge in [-0.15, -0.1) is 0 Å². The lowest BCUT2D eigenvalue weighted by molar-refractivity contribution is 0.116. The van der Waals surface area contributed by atoms with Gasteiger partial charge in [0, 0.05) is 5.41 Å². The molecule has 15 heavy (non-hydrogen) atoms. The third-order valence-electron chi connectivity index (χ3n) is 2.99. The van der Waals surface area contributed by atoms with Gasteiger partial charge in [-0.25, -0.2) is 5.90 Å². The second kappa shape index (κ2) is 4.21. The number of nitrogens with two attached hydrogens (primary N) is 1. The van der Waals surface area contributed by atoms with Crippen molar-refractivity contribution in [1.82, 2.24) is 0 Å². The highest BCUT2D eigenvalue weighted by atomic mass is 16.6. The second-order valence-electron chi connectivity index (χ2n) is 4.05. The van der Waals surface area contributed by atoms with Crippen molar-refractivity contribution in [2.75, 3.05) is 13.2 Å². The minimum Gasteiger partial charge on any atom is -0.494 e. The van der Waals surface area contributed by atoms with Gasteiger partial charge < -0.3 is 9.57 Å². The molecule has 3 nitrogen and oxygen atoms in total. The fourth-order valence-corrected chi connectivity index (χ4v) is 1.90. The van der Waals surface area contributed by atoms with E-state index < -0.39 is 0 Å². The predicted octanol–water partition coefficient (Wildman–Crippen LogP) is 2.01. The third-order valence-corrected chi connectivity index (χ3v) is 2.99. The molecule has 2 rings (SSSR count). The zero-order chi connectivity index (χ0) is 10.7. The zero-order valence-corrected chi connectivity index (χ0v) is 9.03. The lowest BCUT2D eigenvalue weighted by atomic mass is 9.97. The van der Waals surface area contributed by atoms with Crippen LogP contribution in [-0.4, -0.2) is 13.2 Å². The minimum absolute atomic E-state index is 0.180. The lowest BCUT2D eigenvalue weighted by Gasteiger charge is -2.14. The first-order valence-electron chi connectivity index (χ1n) is 5.36. The summed E-state index contributed by atoms with van der Waals surface area (Å²) in [5, 5.41) is 0. The fourth-order valence-electron chi connectivity index (χ4n) is 1.90. The smallest absolute Gasteiger partial charge is 0.119 e. The molecule has 1 aliphatic rings. The first kappa shape index (κ1) is 10.5. The van der Waals surface area contributed by atoms with Crippen LogP contribution in [0.5, 0.6) is 5.75 Å². The van der Waals surface area contributed by atoms with E-state index in [1.807, 2.05) is 19.1 Å². The Morgan fingerprint density at radius 2 is 1.93 bits per heavy atom. The highest BCUT2D eigenvalue weighted by Crippen LogP contribution is 2.48. The quantitative estimate of drug-likeness (QED) is 0.751. The summed E-state index contributed by atoms with van der Waals surface area (Å²) in [7, 11) is 0. The van der Waals surface area contributed by atoms with E-state index in [0.29, 0.717) is 13.2 Å². The standard InChI is InChI=1S/C12H17NO2/c1-2-14-11-5-3-10(4-6-11)12(7-8-12)9-15-13/h3-6H,2,7-9,13H2,1H3. The molecule has 0 aromatic heterocycles. The highest BCUT2D eigenvalue weighted by molar-refractivity contribution is 5.36. The van der Waals surface area contributed by atoms with Crippen LogP contribution in [0.25, 0.3) is 0 Å². The molecule has 0 unspecified atom stereocenters. The Balaban J connectivity index is 2.10. The Kier molecular flexibility index (Phi) is 2.93. The summed E-state index contributed by atoms with van der Waals surface area (Å²) in [6.07, 6.45) is 2.33. The van der Waals surface area contributed by atoms with E-state index in [4.69, 9.17) is 15.5 Å². The van der Waals surface area contributed by atoms with Gasteiger partial charge in [-0.05, 0) is 37.5 Å². The molecule has 0 spiro atoms. The molecule has 1 aromatic rings. The zero-order valence-electron chi connectivity index (χ0n) is 9.03. The van der Waals surface area contributed by atoms with E-state index in [2.05, 4.69) is 12.1 Å². The van der Waals surface area contributed by atoms with Crippen molar-refractivity contribution in [3.63, 3.8) is 0 Å². The topological polar surface area (TPSA) is 44.5 Å². The molecule has 0 saturated heterocycles.